The lowest BCUT2D eigenvalue weighted by molar-refractivity contribution is 0.0711. The second-order valence-electron chi connectivity index (χ2n) is 7.36. The smallest absolute Gasteiger partial charge is 0.253 e. The summed E-state index contributed by atoms with van der Waals surface area (Å²) in [4.78, 5) is 30.4. The van der Waals surface area contributed by atoms with Gasteiger partial charge in [-0.25, -0.2) is 17.5 Å². The van der Waals surface area contributed by atoms with E-state index in [-0.39, 0.29) is 22.8 Å². The minimum Gasteiger partial charge on any atom is -0.354 e. The number of nitrogens with zero attached hydrogens (tertiary/aromatic N) is 1. The Bertz CT molecular complexity index is 1280. The van der Waals surface area contributed by atoms with Gasteiger partial charge in [-0.2, -0.15) is 0 Å². The highest BCUT2D eigenvalue weighted by atomic mass is 32.2. The van der Waals surface area contributed by atoms with Crippen LogP contribution in [0.15, 0.2) is 41.2 Å². The van der Waals surface area contributed by atoms with E-state index in [1.165, 1.54) is 24.3 Å². The number of fused-ring (bicyclic) bond motifs is 2. The van der Waals surface area contributed by atoms with Crippen LogP contribution in [0.25, 0.3) is 21.8 Å². The number of halogens is 1. The van der Waals surface area contributed by atoms with Gasteiger partial charge in [0.2, 0.25) is 10.0 Å². The monoisotopic (exact) mass is 417 g/mol. The normalized spacial score (nSPS) is 15.9. The average molecular weight is 417 g/mol. The molecule has 2 aromatic carbocycles. The van der Waals surface area contributed by atoms with Crippen LogP contribution in [0, 0.1) is 5.82 Å². The largest absolute Gasteiger partial charge is 0.354 e. The first-order valence-electron chi connectivity index (χ1n) is 9.23. The zero-order chi connectivity index (χ0) is 20.8. The number of nitrogens with one attached hydrogen (secondary N) is 2. The molecule has 1 saturated heterocycles. The first-order valence-corrected chi connectivity index (χ1v) is 11.1. The summed E-state index contributed by atoms with van der Waals surface area (Å²) in [5, 5.41) is 0.553. The van der Waals surface area contributed by atoms with Gasteiger partial charge < -0.3 is 9.88 Å². The Morgan fingerprint density at radius 1 is 1.10 bits per heavy atom. The van der Waals surface area contributed by atoms with Crippen molar-refractivity contribution >= 4 is 37.7 Å². The van der Waals surface area contributed by atoms with Gasteiger partial charge in [0.25, 0.3) is 5.91 Å². The third-order valence-corrected chi connectivity index (χ3v) is 5.93. The third-order valence-electron chi connectivity index (χ3n) is 5.17. The highest BCUT2D eigenvalue weighted by Crippen LogP contribution is 2.20. The van der Waals surface area contributed by atoms with Crippen molar-refractivity contribution < 1.29 is 17.6 Å². The van der Waals surface area contributed by atoms with E-state index in [9.17, 15) is 22.4 Å². The van der Waals surface area contributed by atoms with Crippen molar-refractivity contribution in [1.82, 2.24) is 14.6 Å². The summed E-state index contributed by atoms with van der Waals surface area (Å²) in [6.07, 6.45) is 2.17. The number of sulfonamides is 1. The zero-order valence-corrected chi connectivity index (χ0v) is 16.6. The number of aromatic amines is 1. The van der Waals surface area contributed by atoms with Crippen LogP contribution in [-0.4, -0.2) is 49.6 Å². The van der Waals surface area contributed by atoms with Crippen LogP contribution in [0.1, 0.15) is 23.2 Å². The molecule has 0 spiro atoms. The molecule has 1 aromatic heterocycles. The number of amides is 1. The maximum atomic E-state index is 13.5. The molecule has 9 heteroatoms. The average Bonchev–Trinajstić information content (AvgIpc) is 2.67. The molecule has 0 saturated carbocycles. The maximum absolute atomic E-state index is 13.5. The van der Waals surface area contributed by atoms with E-state index in [1.54, 1.807) is 17.0 Å². The number of hydrogen-bond acceptors (Lipinski definition) is 4. The summed E-state index contributed by atoms with van der Waals surface area (Å²) in [5.41, 5.74) is 1.14. The molecule has 1 amide bonds. The zero-order valence-electron chi connectivity index (χ0n) is 15.7. The van der Waals surface area contributed by atoms with Gasteiger partial charge in [-0.15, -0.1) is 0 Å². The summed E-state index contributed by atoms with van der Waals surface area (Å²) in [6, 6.07) is 8.64. The number of hydrogen-bond donors (Lipinski definition) is 2. The molecule has 0 atom stereocenters. The highest BCUT2D eigenvalue weighted by Gasteiger charge is 2.25. The Balaban J connectivity index is 1.61. The molecule has 29 heavy (non-hydrogen) atoms. The molecule has 7 nitrogen and oxygen atoms in total. The SMILES string of the molecule is CS(=O)(=O)NC1CCN(C(=O)c2ccc3[nH]c4ccc(F)cc4c(=O)c3c2)CC1. The Labute approximate surface area is 166 Å². The molecule has 0 bridgehead atoms. The molecule has 3 aromatic rings. The lowest BCUT2D eigenvalue weighted by atomic mass is 10.0. The second-order valence-corrected chi connectivity index (χ2v) is 9.14. The molecule has 0 aliphatic carbocycles. The number of H-pyrrole nitrogens is 1. The van der Waals surface area contributed by atoms with Crippen LogP contribution in [-0.2, 0) is 10.0 Å². The fourth-order valence-electron chi connectivity index (χ4n) is 3.76. The molecule has 2 heterocycles. The van der Waals surface area contributed by atoms with Crippen LogP contribution < -0.4 is 10.2 Å². The Hall–Kier alpha value is -2.78. The van der Waals surface area contributed by atoms with Crippen molar-refractivity contribution in [1.29, 1.82) is 0 Å². The Morgan fingerprint density at radius 3 is 2.38 bits per heavy atom. The Morgan fingerprint density at radius 2 is 1.72 bits per heavy atom. The van der Waals surface area contributed by atoms with Crippen molar-refractivity contribution in [3.05, 3.63) is 58.0 Å². The molecular weight excluding hydrogens is 397 g/mol. The molecule has 2 N–H and O–H groups in total. The first-order chi connectivity index (χ1) is 13.7. The molecule has 152 valence electrons. The van der Waals surface area contributed by atoms with Crippen molar-refractivity contribution in [2.75, 3.05) is 19.3 Å². The summed E-state index contributed by atoms with van der Waals surface area (Å²) in [6.45, 7) is 0.840. The van der Waals surface area contributed by atoms with Crippen LogP contribution in [0.2, 0.25) is 0 Å². The van der Waals surface area contributed by atoms with Crippen molar-refractivity contribution in [2.24, 2.45) is 0 Å². The lowest BCUT2D eigenvalue weighted by Gasteiger charge is -2.32. The summed E-state index contributed by atoms with van der Waals surface area (Å²) < 4.78 is 38.8. The number of carbonyl (C=O) groups excluding carboxylic acids is 1. The molecule has 4 rings (SSSR count). The van der Waals surface area contributed by atoms with Crippen LogP contribution in [0.4, 0.5) is 4.39 Å². The lowest BCUT2D eigenvalue weighted by Crippen LogP contribution is -2.46. The van der Waals surface area contributed by atoms with Gasteiger partial charge >= 0.3 is 0 Å². The fraction of sp³-hybridized carbons (Fsp3) is 0.300. The fourth-order valence-corrected chi connectivity index (χ4v) is 4.60. The standard InChI is InChI=1S/C20H20FN3O4S/c1-29(27,28)23-14-6-8-24(9-7-14)20(26)12-2-4-17-15(10-12)19(25)16-11-13(21)3-5-18(16)22-17/h2-5,10-11,14,23H,6-9H2,1H3,(H,22,25). The number of piperidine rings is 1. The molecule has 0 radical (unpaired) electrons. The minimum absolute atomic E-state index is 0.185. The molecule has 0 unspecified atom stereocenters. The van der Waals surface area contributed by atoms with Crippen molar-refractivity contribution in [2.45, 2.75) is 18.9 Å². The summed E-state index contributed by atoms with van der Waals surface area (Å²) in [5.74, 6) is -0.719. The molecule has 1 aliphatic rings. The van der Waals surface area contributed by atoms with Crippen LogP contribution in [0.3, 0.4) is 0 Å². The highest BCUT2D eigenvalue weighted by molar-refractivity contribution is 7.88. The second kappa shape index (κ2) is 7.23. The van der Waals surface area contributed by atoms with Gasteiger partial charge in [0.15, 0.2) is 5.43 Å². The van der Waals surface area contributed by atoms with E-state index in [4.69, 9.17) is 0 Å². The molecule has 1 aliphatic heterocycles. The van der Waals surface area contributed by atoms with Crippen molar-refractivity contribution in [3.8, 4) is 0 Å². The number of aromatic nitrogens is 1. The van der Waals surface area contributed by atoms with E-state index >= 15 is 0 Å². The number of benzene rings is 2. The van der Waals surface area contributed by atoms with E-state index in [1.807, 2.05) is 0 Å². The van der Waals surface area contributed by atoms with Gasteiger partial charge in [-0.05, 0) is 49.2 Å². The van der Waals surface area contributed by atoms with Gasteiger partial charge in [0.05, 0.1) is 6.26 Å². The number of pyridine rings is 1. The number of rotatable bonds is 3. The first kappa shape index (κ1) is 19.5. The predicted molar refractivity (Wildman–Crippen MR) is 109 cm³/mol. The van der Waals surface area contributed by atoms with Gasteiger partial charge in [0, 0.05) is 46.5 Å². The van der Waals surface area contributed by atoms with E-state index < -0.39 is 15.8 Å². The minimum atomic E-state index is -3.28. The van der Waals surface area contributed by atoms with Crippen molar-refractivity contribution in [3.63, 3.8) is 0 Å². The van der Waals surface area contributed by atoms with Gasteiger partial charge in [-0.1, -0.05) is 0 Å². The topological polar surface area (TPSA) is 99.3 Å². The third kappa shape index (κ3) is 4.01. The van der Waals surface area contributed by atoms with E-state index in [2.05, 4.69) is 9.71 Å². The van der Waals surface area contributed by atoms with Gasteiger partial charge in [0.1, 0.15) is 5.82 Å². The summed E-state index contributed by atoms with van der Waals surface area (Å²) >= 11 is 0. The van der Waals surface area contributed by atoms with E-state index in [0.29, 0.717) is 47.9 Å². The Kier molecular flexibility index (Phi) is 4.87. The molecular formula is C20H20FN3O4S. The van der Waals surface area contributed by atoms with Gasteiger partial charge in [-0.3, -0.25) is 9.59 Å². The van der Waals surface area contributed by atoms with Crippen LogP contribution in [0.5, 0.6) is 0 Å². The van der Waals surface area contributed by atoms with Crippen LogP contribution >= 0.6 is 0 Å². The molecule has 1 fully saturated rings. The predicted octanol–water partition coefficient (Wildman–Crippen LogP) is 1.97. The quantitative estimate of drug-likeness (QED) is 0.637. The number of likely N-dealkylation sites (tertiary alicyclic amines) is 1. The maximum Gasteiger partial charge on any atom is 0.253 e. The summed E-state index contributed by atoms with van der Waals surface area (Å²) in [7, 11) is -3.28. The van der Waals surface area contributed by atoms with E-state index in [0.717, 1.165) is 6.26 Å². The number of carbonyl (C=O) groups is 1.